The van der Waals surface area contributed by atoms with Gasteiger partial charge in [0, 0.05) is 43.5 Å². The van der Waals surface area contributed by atoms with Crippen molar-refractivity contribution in [3.63, 3.8) is 0 Å². The van der Waals surface area contributed by atoms with Crippen LogP contribution in [0.1, 0.15) is 29.5 Å². The van der Waals surface area contributed by atoms with Crippen LogP contribution in [0.2, 0.25) is 0 Å². The fourth-order valence-electron chi connectivity index (χ4n) is 4.65. The molecule has 2 aromatic rings. The van der Waals surface area contributed by atoms with E-state index in [1.165, 1.54) is 0 Å². The Morgan fingerprint density at radius 3 is 2.68 bits per heavy atom. The number of piperazine rings is 1. The lowest BCUT2D eigenvalue weighted by molar-refractivity contribution is -0.134. The molecule has 0 bridgehead atoms. The van der Waals surface area contributed by atoms with Gasteiger partial charge in [-0.3, -0.25) is 14.6 Å². The van der Waals surface area contributed by atoms with Crippen LogP contribution in [0.25, 0.3) is 0 Å². The van der Waals surface area contributed by atoms with Crippen LogP contribution in [0.5, 0.6) is 0 Å². The summed E-state index contributed by atoms with van der Waals surface area (Å²) < 4.78 is 29.1. The van der Waals surface area contributed by atoms with Gasteiger partial charge in [0.2, 0.25) is 0 Å². The highest BCUT2D eigenvalue weighted by Gasteiger charge is 2.37. The van der Waals surface area contributed by atoms with Gasteiger partial charge in [0.05, 0.1) is 30.4 Å². The van der Waals surface area contributed by atoms with Gasteiger partial charge in [0.1, 0.15) is 11.5 Å². The molecule has 1 amide bonds. The molecule has 31 heavy (non-hydrogen) atoms. The van der Waals surface area contributed by atoms with Crippen molar-refractivity contribution in [1.82, 2.24) is 14.8 Å². The molecule has 0 radical (unpaired) electrons. The monoisotopic (exact) mass is 462 g/mol. The van der Waals surface area contributed by atoms with E-state index in [9.17, 15) is 13.2 Å². The maximum absolute atomic E-state index is 13.2. The highest BCUT2D eigenvalue weighted by molar-refractivity contribution is 7.91. The standard InChI is InChI=1S/C21H26N4O4S2/c26-21(14-23-6-8-24(9-7-23)16-5-12-31(27,28)15-16)25-18(20-4-2-11-30-20)13-17(22-25)19-3-1-10-29-19/h1-4,10-11,16,18H,5-9,12-15H2. The molecule has 2 saturated heterocycles. The molecule has 0 N–H and O–H groups in total. The molecule has 10 heteroatoms. The maximum atomic E-state index is 13.2. The fraction of sp³-hybridized carbons (Fsp3) is 0.524. The normalized spacial score (nSPS) is 27.0. The minimum atomic E-state index is -2.88. The van der Waals surface area contributed by atoms with Crippen LogP contribution in [-0.2, 0) is 14.6 Å². The Morgan fingerprint density at radius 2 is 2.03 bits per heavy atom. The Morgan fingerprint density at radius 1 is 1.19 bits per heavy atom. The maximum Gasteiger partial charge on any atom is 0.257 e. The molecule has 5 rings (SSSR count). The summed E-state index contributed by atoms with van der Waals surface area (Å²) in [5.41, 5.74) is 0.795. The van der Waals surface area contributed by atoms with Crippen molar-refractivity contribution in [3.05, 3.63) is 46.5 Å². The molecule has 0 spiro atoms. The Kier molecular flexibility index (Phi) is 5.72. The van der Waals surface area contributed by atoms with E-state index in [0.717, 1.165) is 43.2 Å². The minimum Gasteiger partial charge on any atom is -0.463 e. The Hall–Kier alpha value is -2.01. The van der Waals surface area contributed by atoms with Crippen molar-refractivity contribution in [3.8, 4) is 0 Å². The van der Waals surface area contributed by atoms with E-state index in [2.05, 4.69) is 14.9 Å². The Bertz CT molecular complexity index is 1040. The molecule has 3 aliphatic heterocycles. The molecule has 8 nitrogen and oxygen atoms in total. The van der Waals surface area contributed by atoms with Gasteiger partial charge in [0.25, 0.3) is 5.91 Å². The summed E-state index contributed by atoms with van der Waals surface area (Å²) in [5.74, 6) is 1.26. The van der Waals surface area contributed by atoms with Crippen molar-refractivity contribution < 1.29 is 17.6 Å². The Balaban J connectivity index is 1.23. The summed E-state index contributed by atoms with van der Waals surface area (Å²) in [5, 5.41) is 8.28. The molecule has 0 saturated carbocycles. The first-order valence-electron chi connectivity index (χ1n) is 10.6. The molecule has 0 aliphatic carbocycles. The number of thiophene rings is 1. The van der Waals surface area contributed by atoms with Gasteiger partial charge in [-0.25, -0.2) is 13.4 Å². The predicted molar refractivity (Wildman–Crippen MR) is 119 cm³/mol. The van der Waals surface area contributed by atoms with Crippen LogP contribution in [0, 0.1) is 0 Å². The average molecular weight is 463 g/mol. The van der Waals surface area contributed by atoms with Gasteiger partial charge in [-0.1, -0.05) is 6.07 Å². The van der Waals surface area contributed by atoms with Crippen LogP contribution in [0.4, 0.5) is 0 Å². The first-order chi connectivity index (χ1) is 15.0. The molecule has 2 aromatic heterocycles. The third-order valence-corrected chi connectivity index (χ3v) is 9.06. The molecule has 2 fully saturated rings. The molecule has 3 aliphatic rings. The van der Waals surface area contributed by atoms with Crippen molar-refractivity contribution in [2.45, 2.75) is 24.9 Å². The van der Waals surface area contributed by atoms with Crippen molar-refractivity contribution >= 4 is 32.8 Å². The first-order valence-corrected chi connectivity index (χ1v) is 13.3. The van der Waals surface area contributed by atoms with Crippen molar-refractivity contribution in [2.24, 2.45) is 5.10 Å². The molecule has 0 aromatic carbocycles. The third kappa shape index (κ3) is 4.48. The molecular weight excluding hydrogens is 436 g/mol. The highest BCUT2D eigenvalue weighted by atomic mass is 32.2. The molecule has 2 atom stereocenters. The molecule has 166 valence electrons. The summed E-state index contributed by atoms with van der Waals surface area (Å²) in [6, 6.07) is 7.78. The number of rotatable bonds is 5. The van der Waals surface area contributed by atoms with E-state index in [1.54, 1.807) is 22.6 Å². The Labute approximate surface area is 186 Å². The number of amides is 1. The smallest absolute Gasteiger partial charge is 0.257 e. The van der Waals surface area contributed by atoms with Crippen molar-refractivity contribution in [1.29, 1.82) is 0 Å². The van der Waals surface area contributed by atoms with Gasteiger partial charge < -0.3 is 4.42 Å². The summed E-state index contributed by atoms with van der Waals surface area (Å²) in [6.07, 6.45) is 2.99. The molecular formula is C21H26N4O4S2. The second-order valence-electron chi connectivity index (χ2n) is 8.37. The number of hydrogen-bond acceptors (Lipinski definition) is 8. The zero-order chi connectivity index (χ0) is 21.4. The molecule has 2 unspecified atom stereocenters. The summed E-state index contributed by atoms with van der Waals surface area (Å²) >= 11 is 1.63. The predicted octanol–water partition coefficient (Wildman–Crippen LogP) is 1.82. The number of sulfone groups is 1. The summed E-state index contributed by atoms with van der Waals surface area (Å²) in [4.78, 5) is 18.7. The van der Waals surface area contributed by atoms with Gasteiger partial charge in [-0.2, -0.15) is 5.10 Å². The first kappa shape index (κ1) is 20.9. The van der Waals surface area contributed by atoms with Crippen molar-refractivity contribution in [2.75, 3.05) is 44.2 Å². The zero-order valence-corrected chi connectivity index (χ0v) is 18.9. The lowest BCUT2D eigenvalue weighted by atomic mass is 10.1. The van der Waals surface area contributed by atoms with E-state index >= 15 is 0 Å². The van der Waals surface area contributed by atoms with E-state index in [0.29, 0.717) is 24.5 Å². The van der Waals surface area contributed by atoms with Gasteiger partial charge >= 0.3 is 0 Å². The summed E-state index contributed by atoms with van der Waals surface area (Å²) in [7, 11) is -2.88. The zero-order valence-electron chi connectivity index (χ0n) is 17.2. The van der Waals surface area contributed by atoms with Gasteiger partial charge in [0.15, 0.2) is 9.84 Å². The van der Waals surface area contributed by atoms with Gasteiger partial charge in [-0.15, -0.1) is 11.3 Å². The number of carbonyl (C=O) groups is 1. The highest BCUT2D eigenvalue weighted by Crippen LogP contribution is 2.35. The van der Waals surface area contributed by atoms with Gasteiger partial charge in [-0.05, 0) is 30.0 Å². The SMILES string of the molecule is O=C(CN1CCN(C2CCS(=O)(=O)C2)CC1)N1N=C(c2ccco2)CC1c1cccs1. The number of carbonyl (C=O) groups excluding carboxylic acids is 1. The lowest BCUT2D eigenvalue weighted by Gasteiger charge is -2.37. The fourth-order valence-corrected chi connectivity index (χ4v) is 7.22. The second kappa shape index (κ2) is 8.50. The second-order valence-corrected chi connectivity index (χ2v) is 11.6. The average Bonchev–Trinajstić information content (AvgIpc) is 3.53. The molecule has 5 heterocycles. The van der Waals surface area contributed by atoms with E-state index in [1.807, 2.05) is 29.6 Å². The van der Waals surface area contributed by atoms with Crippen LogP contribution in [0.3, 0.4) is 0 Å². The lowest BCUT2D eigenvalue weighted by Crippen LogP contribution is -2.52. The van der Waals surface area contributed by atoms with E-state index in [4.69, 9.17) is 4.42 Å². The minimum absolute atomic E-state index is 0.0168. The van der Waals surface area contributed by atoms with Crippen LogP contribution in [-0.4, -0.2) is 85.1 Å². The van der Waals surface area contributed by atoms with Crippen LogP contribution < -0.4 is 0 Å². The topological polar surface area (TPSA) is 86.4 Å². The number of hydrazone groups is 1. The van der Waals surface area contributed by atoms with E-state index < -0.39 is 9.84 Å². The largest absolute Gasteiger partial charge is 0.463 e. The quantitative estimate of drug-likeness (QED) is 0.674. The van der Waals surface area contributed by atoms with Crippen LogP contribution >= 0.6 is 11.3 Å². The third-order valence-electron chi connectivity index (χ3n) is 6.33. The number of nitrogens with zero attached hydrogens (tertiary/aromatic N) is 4. The summed E-state index contributed by atoms with van der Waals surface area (Å²) in [6.45, 7) is 3.42. The van der Waals surface area contributed by atoms with E-state index in [-0.39, 0.29) is 23.7 Å². The number of furan rings is 1. The number of hydrogen-bond donors (Lipinski definition) is 0. The van der Waals surface area contributed by atoms with Crippen LogP contribution in [0.15, 0.2) is 45.4 Å².